The molecule has 4 atom stereocenters. The van der Waals surface area contributed by atoms with Crippen LogP contribution in [0.3, 0.4) is 0 Å². The topological polar surface area (TPSA) is 222 Å². The molecule has 4 unspecified atom stereocenters. The van der Waals surface area contributed by atoms with Crippen molar-refractivity contribution in [3.63, 3.8) is 0 Å². The molecule has 0 aromatic rings. The smallest absolute Gasteiger partial charge is 0.326 e. The summed E-state index contributed by atoms with van der Waals surface area (Å²) in [5, 5.41) is 22.8. The lowest BCUT2D eigenvalue weighted by Gasteiger charge is -2.30. The van der Waals surface area contributed by atoms with Crippen LogP contribution in [0.4, 0.5) is 0 Å². The molecule has 0 aromatic heterocycles. The van der Waals surface area contributed by atoms with Crippen LogP contribution in [-0.2, 0) is 28.8 Å². The van der Waals surface area contributed by atoms with Gasteiger partial charge in [0.15, 0.2) is 0 Å². The summed E-state index contributed by atoms with van der Waals surface area (Å²) in [7, 11) is 0. The number of carbonyl (C=O) groups is 6. The number of carbonyl (C=O) groups excluding carboxylic acids is 4. The standard InChI is InChI=1S/C20H33N5O8/c1-10(2)8-12(23-17(29)11(21)5-6-15(22)26)19(31)25-7-3-4-14(25)18(30)24-13(20(32)33)9-16(27)28/h10-14H,3-9,21H2,1-2H3,(H2,22,26)(H,23,29)(H,24,30)(H,27,28)(H,32,33). The summed E-state index contributed by atoms with van der Waals surface area (Å²) < 4.78 is 0. The van der Waals surface area contributed by atoms with Gasteiger partial charge in [-0.3, -0.25) is 24.0 Å². The highest BCUT2D eigenvalue weighted by molar-refractivity contribution is 5.95. The number of carboxylic acid groups (broad SMARTS) is 2. The molecule has 1 fully saturated rings. The number of primary amides is 1. The second-order valence-corrected chi connectivity index (χ2v) is 8.49. The first-order chi connectivity index (χ1) is 15.3. The lowest BCUT2D eigenvalue weighted by atomic mass is 10.0. The summed E-state index contributed by atoms with van der Waals surface area (Å²) in [5.41, 5.74) is 10.9. The first-order valence-electron chi connectivity index (χ1n) is 10.7. The number of likely N-dealkylation sites (tertiary alicyclic amines) is 1. The highest BCUT2D eigenvalue weighted by Gasteiger charge is 2.39. The van der Waals surface area contributed by atoms with Gasteiger partial charge in [-0.05, 0) is 31.6 Å². The number of amides is 4. The maximum atomic E-state index is 13.2. The minimum atomic E-state index is -1.64. The number of carboxylic acids is 2. The minimum absolute atomic E-state index is 0.00271. The third kappa shape index (κ3) is 9.04. The van der Waals surface area contributed by atoms with Crippen LogP contribution in [0.25, 0.3) is 0 Å². The van der Waals surface area contributed by atoms with Crippen LogP contribution < -0.4 is 22.1 Å². The first-order valence-corrected chi connectivity index (χ1v) is 10.7. The SMILES string of the molecule is CC(C)CC(NC(=O)C(N)CCC(N)=O)C(=O)N1CCCC1C(=O)NC(CC(=O)O)C(=O)O. The third-order valence-electron chi connectivity index (χ3n) is 5.19. The Labute approximate surface area is 191 Å². The number of hydrogen-bond acceptors (Lipinski definition) is 7. The number of nitrogens with two attached hydrogens (primary N) is 2. The Balaban J connectivity index is 2.93. The Morgan fingerprint density at radius 3 is 2.21 bits per heavy atom. The predicted octanol–water partition coefficient (Wildman–Crippen LogP) is -1.85. The Hall–Kier alpha value is -3.22. The van der Waals surface area contributed by atoms with Gasteiger partial charge in [0.2, 0.25) is 23.6 Å². The lowest BCUT2D eigenvalue weighted by Crippen LogP contribution is -2.57. The fraction of sp³-hybridized carbons (Fsp3) is 0.700. The number of aliphatic carboxylic acids is 2. The summed E-state index contributed by atoms with van der Waals surface area (Å²) in [6.07, 6.45) is 0.107. The average Bonchev–Trinajstić information content (AvgIpc) is 3.19. The quantitative estimate of drug-likeness (QED) is 0.177. The van der Waals surface area contributed by atoms with Crippen LogP contribution in [0.1, 0.15) is 52.4 Å². The molecule has 1 rings (SSSR count). The number of hydrogen-bond donors (Lipinski definition) is 6. The number of nitrogens with zero attached hydrogens (tertiary/aromatic N) is 1. The molecule has 13 heteroatoms. The normalized spacial score (nSPS) is 18.3. The molecule has 0 aliphatic carbocycles. The van der Waals surface area contributed by atoms with Crippen molar-refractivity contribution in [2.24, 2.45) is 17.4 Å². The van der Waals surface area contributed by atoms with Crippen molar-refractivity contribution in [3.8, 4) is 0 Å². The van der Waals surface area contributed by atoms with Crippen LogP contribution in [0.2, 0.25) is 0 Å². The van der Waals surface area contributed by atoms with Crippen LogP contribution in [0.15, 0.2) is 0 Å². The van der Waals surface area contributed by atoms with E-state index in [2.05, 4.69) is 10.6 Å². The van der Waals surface area contributed by atoms with E-state index in [1.807, 2.05) is 13.8 Å². The third-order valence-corrected chi connectivity index (χ3v) is 5.19. The van der Waals surface area contributed by atoms with Crippen molar-refractivity contribution >= 4 is 35.6 Å². The number of nitrogens with one attached hydrogen (secondary N) is 2. The van der Waals surface area contributed by atoms with Gasteiger partial charge >= 0.3 is 11.9 Å². The maximum Gasteiger partial charge on any atom is 0.326 e. The zero-order valence-corrected chi connectivity index (χ0v) is 18.8. The molecule has 0 radical (unpaired) electrons. The molecule has 4 amide bonds. The van der Waals surface area contributed by atoms with Gasteiger partial charge in [0.25, 0.3) is 0 Å². The van der Waals surface area contributed by atoms with E-state index in [9.17, 15) is 28.8 Å². The van der Waals surface area contributed by atoms with Gasteiger partial charge in [-0.15, -0.1) is 0 Å². The monoisotopic (exact) mass is 471 g/mol. The molecule has 1 saturated heterocycles. The van der Waals surface area contributed by atoms with E-state index in [-0.39, 0.29) is 38.1 Å². The predicted molar refractivity (Wildman–Crippen MR) is 114 cm³/mol. The van der Waals surface area contributed by atoms with Gasteiger partial charge in [0.05, 0.1) is 12.5 Å². The second kappa shape index (κ2) is 12.7. The van der Waals surface area contributed by atoms with E-state index in [1.54, 1.807) is 0 Å². The van der Waals surface area contributed by atoms with Gasteiger partial charge in [0.1, 0.15) is 18.1 Å². The van der Waals surface area contributed by atoms with Gasteiger partial charge in [-0.1, -0.05) is 13.8 Å². The van der Waals surface area contributed by atoms with Crippen molar-refractivity contribution in [1.29, 1.82) is 0 Å². The fourth-order valence-electron chi connectivity index (χ4n) is 3.55. The van der Waals surface area contributed by atoms with Gasteiger partial charge in [-0.25, -0.2) is 4.79 Å². The van der Waals surface area contributed by atoms with Crippen molar-refractivity contribution in [2.45, 2.75) is 76.5 Å². The van der Waals surface area contributed by atoms with E-state index in [1.165, 1.54) is 4.90 Å². The molecule has 1 aliphatic heterocycles. The van der Waals surface area contributed by atoms with Gasteiger partial charge in [-0.2, -0.15) is 0 Å². The highest BCUT2D eigenvalue weighted by Crippen LogP contribution is 2.21. The Morgan fingerprint density at radius 2 is 1.70 bits per heavy atom. The molecule has 0 aromatic carbocycles. The summed E-state index contributed by atoms with van der Waals surface area (Å²) in [4.78, 5) is 72.7. The molecule has 8 N–H and O–H groups in total. The van der Waals surface area contributed by atoms with Crippen molar-refractivity contribution in [1.82, 2.24) is 15.5 Å². The molecule has 1 aliphatic rings. The van der Waals surface area contributed by atoms with E-state index in [0.29, 0.717) is 6.42 Å². The fourth-order valence-corrected chi connectivity index (χ4v) is 3.55. The Kier molecular flexibility index (Phi) is 10.7. The molecule has 0 spiro atoms. The molecule has 0 bridgehead atoms. The van der Waals surface area contributed by atoms with Crippen LogP contribution in [0, 0.1) is 5.92 Å². The molecular formula is C20H33N5O8. The molecular weight excluding hydrogens is 438 g/mol. The van der Waals surface area contributed by atoms with E-state index >= 15 is 0 Å². The van der Waals surface area contributed by atoms with Gasteiger partial charge in [0, 0.05) is 13.0 Å². The Bertz CT molecular complexity index is 772. The summed E-state index contributed by atoms with van der Waals surface area (Å²) in [6, 6.07) is -4.67. The first kappa shape index (κ1) is 27.8. The van der Waals surface area contributed by atoms with Crippen molar-refractivity contribution in [3.05, 3.63) is 0 Å². The molecule has 13 nitrogen and oxygen atoms in total. The summed E-state index contributed by atoms with van der Waals surface area (Å²) in [5.74, 6) is -5.44. The largest absolute Gasteiger partial charge is 0.481 e. The molecule has 33 heavy (non-hydrogen) atoms. The number of rotatable bonds is 13. The van der Waals surface area contributed by atoms with Crippen molar-refractivity contribution < 1.29 is 39.0 Å². The van der Waals surface area contributed by atoms with E-state index < -0.39 is 66.2 Å². The van der Waals surface area contributed by atoms with Crippen molar-refractivity contribution in [2.75, 3.05) is 6.54 Å². The van der Waals surface area contributed by atoms with Crippen LogP contribution >= 0.6 is 0 Å². The molecule has 1 heterocycles. The average molecular weight is 472 g/mol. The summed E-state index contributed by atoms with van der Waals surface area (Å²) >= 11 is 0. The zero-order chi connectivity index (χ0) is 25.3. The highest BCUT2D eigenvalue weighted by atomic mass is 16.4. The van der Waals surface area contributed by atoms with Crippen LogP contribution in [0.5, 0.6) is 0 Å². The zero-order valence-electron chi connectivity index (χ0n) is 18.8. The molecule has 186 valence electrons. The molecule has 0 saturated carbocycles. The second-order valence-electron chi connectivity index (χ2n) is 8.49. The Morgan fingerprint density at radius 1 is 1.06 bits per heavy atom. The van der Waals surface area contributed by atoms with E-state index in [4.69, 9.17) is 21.7 Å². The minimum Gasteiger partial charge on any atom is -0.481 e. The summed E-state index contributed by atoms with van der Waals surface area (Å²) in [6.45, 7) is 3.90. The lowest BCUT2D eigenvalue weighted by molar-refractivity contribution is -0.148. The maximum absolute atomic E-state index is 13.2. The van der Waals surface area contributed by atoms with Crippen LogP contribution in [-0.4, -0.2) is 81.4 Å². The van der Waals surface area contributed by atoms with Gasteiger partial charge < -0.3 is 37.2 Å². The van der Waals surface area contributed by atoms with E-state index in [0.717, 1.165) is 0 Å².